The summed E-state index contributed by atoms with van der Waals surface area (Å²) in [7, 11) is 0. The van der Waals surface area contributed by atoms with Crippen molar-refractivity contribution in [1.29, 1.82) is 0 Å². The molecule has 0 unspecified atom stereocenters. The summed E-state index contributed by atoms with van der Waals surface area (Å²) in [6.07, 6.45) is 0. The number of hydrogen-bond donors (Lipinski definition) is 0. The van der Waals surface area contributed by atoms with Crippen molar-refractivity contribution in [2.24, 2.45) is 0 Å². The van der Waals surface area contributed by atoms with Crippen LogP contribution in [0.25, 0.3) is 0 Å². The molecule has 1 aromatic carbocycles. The molecular formula is C6H7In. The average Bonchev–Trinajstić information content (AvgIpc) is 1.69. The molecule has 0 N–H and O–H groups in total. The average molecular weight is 194 g/mol. The second-order valence-corrected chi connectivity index (χ2v) is 3.31. The molecule has 0 fully saturated rings. The first kappa shape index (κ1) is 5.23. The molecular weight excluding hydrogens is 187 g/mol. The molecule has 0 atom stereocenters. The van der Waals surface area contributed by atoms with E-state index in [1.807, 2.05) is 6.07 Å². The van der Waals surface area contributed by atoms with Crippen LogP contribution in [0.2, 0.25) is 0 Å². The van der Waals surface area contributed by atoms with E-state index < -0.39 is 0 Å². The first-order valence-electron chi connectivity index (χ1n) is 2.20. The molecule has 0 saturated carbocycles. The Morgan fingerprint density at radius 2 is 1.71 bits per heavy atom. The van der Waals surface area contributed by atoms with Gasteiger partial charge < -0.3 is 2.85 Å². The maximum atomic E-state index is 2.14. The van der Waals surface area contributed by atoms with Gasteiger partial charge in [0.2, 0.25) is 0 Å². The van der Waals surface area contributed by atoms with E-state index in [-0.39, 0.29) is 2.85 Å². The normalized spacial score (nSPS) is 8.86. The summed E-state index contributed by atoms with van der Waals surface area (Å²) < 4.78 is 1.45. The van der Waals surface area contributed by atoms with E-state index in [0.717, 1.165) is 0 Å². The monoisotopic (exact) mass is 194 g/mol. The van der Waals surface area contributed by atoms with E-state index in [0.29, 0.717) is 0 Å². The van der Waals surface area contributed by atoms with Gasteiger partial charge in [-0.2, -0.15) is 0 Å². The van der Waals surface area contributed by atoms with E-state index in [1.165, 1.54) is 27.7 Å². The summed E-state index contributed by atoms with van der Waals surface area (Å²) in [6.45, 7) is 0. The Morgan fingerprint density at radius 1 is 1.14 bits per heavy atom. The Labute approximate surface area is 61.1 Å². The van der Waals surface area contributed by atoms with E-state index >= 15 is 0 Å². The van der Waals surface area contributed by atoms with Crippen LogP contribution < -0.4 is 3.32 Å². The SMILES string of the molecule is [H-].[H-].[In+2][c]1ccccc1. The molecule has 0 spiro atoms. The van der Waals surface area contributed by atoms with Crippen LogP contribution in [0.5, 0.6) is 0 Å². The summed E-state index contributed by atoms with van der Waals surface area (Å²) in [5.74, 6) is 0. The van der Waals surface area contributed by atoms with E-state index in [9.17, 15) is 0 Å². The zero-order valence-corrected chi connectivity index (χ0v) is 7.26. The Kier molecular flexibility index (Phi) is 1.80. The van der Waals surface area contributed by atoms with Crippen LogP contribution in [0.3, 0.4) is 0 Å². The zero-order chi connectivity index (χ0) is 5.11. The van der Waals surface area contributed by atoms with Crippen molar-refractivity contribution in [3.8, 4) is 0 Å². The van der Waals surface area contributed by atoms with Gasteiger partial charge in [0.25, 0.3) is 0 Å². The molecule has 0 aliphatic heterocycles. The molecule has 0 aliphatic carbocycles. The van der Waals surface area contributed by atoms with Crippen LogP contribution in [0.4, 0.5) is 0 Å². The molecule has 0 heterocycles. The van der Waals surface area contributed by atoms with Gasteiger partial charge in [-0.1, -0.05) is 0 Å². The van der Waals surface area contributed by atoms with Crippen LogP contribution in [0.1, 0.15) is 2.85 Å². The van der Waals surface area contributed by atoms with Crippen molar-refractivity contribution in [1.82, 2.24) is 0 Å². The third-order valence-electron chi connectivity index (χ3n) is 0.800. The first-order valence-corrected chi connectivity index (χ1v) is 3.85. The number of rotatable bonds is 0. The summed E-state index contributed by atoms with van der Waals surface area (Å²) in [5.41, 5.74) is 0. The molecule has 1 aromatic rings. The van der Waals surface area contributed by atoms with Crippen molar-refractivity contribution in [3.05, 3.63) is 30.3 Å². The van der Waals surface area contributed by atoms with Gasteiger partial charge in [-0.15, -0.1) is 0 Å². The molecule has 0 nitrogen and oxygen atoms in total. The van der Waals surface area contributed by atoms with Crippen molar-refractivity contribution in [2.75, 3.05) is 0 Å². The van der Waals surface area contributed by atoms with Crippen molar-refractivity contribution in [3.63, 3.8) is 0 Å². The van der Waals surface area contributed by atoms with Crippen molar-refractivity contribution in [2.45, 2.75) is 0 Å². The van der Waals surface area contributed by atoms with Gasteiger partial charge in [0, 0.05) is 0 Å². The minimum atomic E-state index is 0. The summed E-state index contributed by atoms with van der Waals surface area (Å²) in [5, 5.41) is 0. The molecule has 1 rings (SSSR count). The molecule has 0 aliphatic rings. The Bertz CT molecular complexity index is 141. The fourth-order valence-corrected chi connectivity index (χ4v) is 1.09. The molecule has 0 radical (unpaired) electrons. The van der Waals surface area contributed by atoms with Gasteiger partial charge in [-0.25, -0.2) is 0 Å². The van der Waals surface area contributed by atoms with Gasteiger partial charge in [-0.05, 0) is 0 Å². The van der Waals surface area contributed by atoms with Crippen LogP contribution in [-0.4, -0.2) is 24.4 Å². The van der Waals surface area contributed by atoms with Crippen LogP contribution in [0.15, 0.2) is 30.3 Å². The summed E-state index contributed by atoms with van der Waals surface area (Å²) >= 11 is 1.23. The predicted molar refractivity (Wildman–Crippen MR) is 34.1 cm³/mol. The molecule has 1 heteroatoms. The third kappa shape index (κ3) is 1.56. The fourth-order valence-electron chi connectivity index (χ4n) is 0.453. The van der Waals surface area contributed by atoms with Gasteiger partial charge in [0.05, 0.1) is 0 Å². The van der Waals surface area contributed by atoms with E-state index in [2.05, 4.69) is 24.3 Å². The second-order valence-electron chi connectivity index (χ2n) is 1.41. The molecule has 34 valence electrons. The van der Waals surface area contributed by atoms with E-state index in [1.54, 1.807) is 0 Å². The van der Waals surface area contributed by atoms with Gasteiger partial charge in [0.1, 0.15) is 0 Å². The van der Waals surface area contributed by atoms with Crippen LogP contribution >= 0.6 is 0 Å². The Balaban J connectivity index is 0. The van der Waals surface area contributed by atoms with E-state index in [4.69, 9.17) is 0 Å². The maximum absolute atomic E-state index is 2.14. The Hall–Kier alpha value is 0.0901. The molecule has 0 aromatic heterocycles. The van der Waals surface area contributed by atoms with Gasteiger partial charge in [-0.3, -0.25) is 0 Å². The standard InChI is InChI=1S/C6H5.In.2H/c1-2-4-6-5-3-1;;;/h1-5H;;;/q;+2;2*-1. The predicted octanol–water partition coefficient (Wildman–Crippen LogP) is 0.705. The topological polar surface area (TPSA) is 0 Å². The fraction of sp³-hybridized carbons (Fsp3) is 0. The first-order chi connectivity index (χ1) is 3.39. The summed E-state index contributed by atoms with van der Waals surface area (Å²) in [4.78, 5) is 0. The van der Waals surface area contributed by atoms with Crippen LogP contribution in [-0.2, 0) is 0 Å². The van der Waals surface area contributed by atoms with Gasteiger partial charge >= 0.3 is 58.0 Å². The van der Waals surface area contributed by atoms with Crippen LogP contribution in [0, 0.1) is 0 Å². The third-order valence-corrected chi connectivity index (χ3v) is 1.90. The van der Waals surface area contributed by atoms with Crippen molar-refractivity contribution < 1.29 is 2.85 Å². The molecule has 0 amide bonds. The van der Waals surface area contributed by atoms with Gasteiger partial charge in [0.15, 0.2) is 0 Å². The molecule has 0 bridgehead atoms. The number of hydrogen-bond acceptors (Lipinski definition) is 0. The summed E-state index contributed by atoms with van der Waals surface area (Å²) in [6, 6.07) is 10.5. The molecule has 0 saturated heterocycles. The zero-order valence-electron chi connectivity index (χ0n) is 5.96. The quantitative estimate of drug-likeness (QED) is 0.570. The second kappa shape index (κ2) is 2.41. The number of benzene rings is 1. The van der Waals surface area contributed by atoms with Crippen molar-refractivity contribution >= 4 is 27.7 Å². The Morgan fingerprint density at radius 3 is 2.00 bits per heavy atom. The minimum absolute atomic E-state index is 0. The molecule has 7 heavy (non-hydrogen) atoms.